The first kappa shape index (κ1) is 18.2. The normalized spacial score (nSPS) is 16.6. The van der Waals surface area contributed by atoms with Gasteiger partial charge in [-0.05, 0) is 69.2 Å². The molecule has 2 heterocycles. The molecule has 2 aromatic carbocycles. The van der Waals surface area contributed by atoms with E-state index in [9.17, 15) is 9.59 Å². The third-order valence-electron chi connectivity index (χ3n) is 5.23. The molecule has 1 saturated heterocycles. The van der Waals surface area contributed by atoms with Gasteiger partial charge in [-0.3, -0.25) is 14.6 Å². The maximum absolute atomic E-state index is 12.9. The number of carbonyl (C=O) groups excluding carboxylic acids is 2. The van der Waals surface area contributed by atoms with E-state index in [1.54, 1.807) is 0 Å². The molecule has 1 N–H and O–H groups in total. The number of hydrogen-bond donors (Lipinski definition) is 1. The number of fused-ring (bicyclic) bond motifs is 1. The van der Waals surface area contributed by atoms with Crippen LogP contribution in [0.15, 0.2) is 48.5 Å². The molecule has 2 amide bonds. The van der Waals surface area contributed by atoms with E-state index in [-0.39, 0.29) is 17.9 Å². The zero-order valence-electron chi connectivity index (χ0n) is 16.3. The molecule has 0 radical (unpaired) electrons. The van der Waals surface area contributed by atoms with Crippen LogP contribution in [0.25, 0.3) is 10.9 Å². The van der Waals surface area contributed by atoms with Crippen LogP contribution in [0.4, 0.5) is 11.4 Å². The van der Waals surface area contributed by atoms with Crippen LogP contribution < -0.4 is 10.2 Å². The summed E-state index contributed by atoms with van der Waals surface area (Å²) in [6.45, 7) is 5.96. The Hall–Kier alpha value is -3.21. The van der Waals surface area contributed by atoms with Gasteiger partial charge in [-0.25, -0.2) is 0 Å². The predicted molar refractivity (Wildman–Crippen MR) is 112 cm³/mol. The van der Waals surface area contributed by atoms with Crippen molar-refractivity contribution in [3.63, 3.8) is 0 Å². The van der Waals surface area contributed by atoms with E-state index >= 15 is 0 Å². The van der Waals surface area contributed by atoms with Crippen molar-refractivity contribution in [2.75, 3.05) is 10.2 Å². The molecular formula is C23H23N3O2. The summed E-state index contributed by atoms with van der Waals surface area (Å²) in [5.41, 5.74) is 4.91. The van der Waals surface area contributed by atoms with Gasteiger partial charge in [0.2, 0.25) is 5.91 Å². The first-order valence-corrected chi connectivity index (χ1v) is 9.54. The van der Waals surface area contributed by atoms with Crippen molar-refractivity contribution in [2.45, 2.75) is 39.7 Å². The molecule has 5 nitrogen and oxygen atoms in total. The van der Waals surface area contributed by atoms with E-state index in [1.807, 2.05) is 67.3 Å². The van der Waals surface area contributed by atoms with Crippen molar-refractivity contribution in [2.24, 2.45) is 0 Å². The van der Waals surface area contributed by atoms with Crippen molar-refractivity contribution < 1.29 is 9.59 Å². The summed E-state index contributed by atoms with van der Waals surface area (Å²) >= 11 is 0. The van der Waals surface area contributed by atoms with Crippen LogP contribution in [0.2, 0.25) is 0 Å². The van der Waals surface area contributed by atoms with Crippen LogP contribution in [0.5, 0.6) is 0 Å². The van der Waals surface area contributed by atoms with Gasteiger partial charge in [0.05, 0.1) is 11.1 Å². The van der Waals surface area contributed by atoms with E-state index in [4.69, 9.17) is 0 Å². The first-order chi connectivity index (χ1) is 13.4. The highest BCUT2D eigenvalue weighted by Crippen LogP contribution is 2.28. The van der Waals surface area contributed by atoms with Gasteiger partial charge in [0.25, 0.3) is 5.91 Å². The van der Waals surface area contributed by atoms with Gasteiger partial charge in [0.1, 0.15) is 0 Å². The molecule has 0 aliphatic carbocycles. The number of amides is 2. The average Bonchev–Trinajstić information content (AvgIpc) is 2.99. The van der Waals surface area contributed by atoms with E-state index < -0.39 is 0 Å². The Bertz CT molecular complexity index is 1070. The maximum Gasteiger partial charge on any atom is 0.256 e. The number of aromatic nitrogens is 1. The molecule has 0 saturated carbocycles. The fourth-order valence-electron chi connectivity index (χ4n) is 3.79. The minimum Gasteiger partial charge on any atom is -0.322 e. The lowest BCUT2D eigenvalue weighted by atomic mass is 10.0. The standard InChI is InChI=1S/C23H23N3O2/c1-14-4-10-19-20(13-15(2)24-21(19)12-14)23(28)25-17-6-8-18(9-7-17)26-16(3)5-11-22(26)27/h4,6-10,12-13,16H,5,11H2,1-3H3,(H,25,28). The largest absolute Gasteiger partial charge is 0.322 e. The van der Waals surface area contributed by atoms with Crippen molar-refractivity contribution >= 4 is 34.1 Å². The second kappa shape index (κ2) is 7.08. The second-order valence-electron chi connectivity index (χ2n) is 7.48. The van der Waals surface area contributed by atoms with Crippen LogP contribution in [0.1, 0.15) is 41.4 Å². The Morgan fingerprint density at radius 2 is 1.86 bits per heavy atom. The van der Waals surface area contributed by atoms with Crippen molar-refractivity contribution in [3.8, 4) is 0 Å². The second-order valence-corrected chi connectivity index (χ2v) is 7.48. The fourth-order valence-corrected chi connectivity index (χ4v) is 3.79. The number of rotatable bonds is 3. The summed E-state index contributed by atoms with van der Waals surface area (Å²) < 4.78 is 0. The third kappa shape index (κ3) is 3.36. The number of nitrogens with one attached hydrogen (secondary N) is 1. The molecule has 3 aromatic rings. The third-order valence-corrected chi connectivity index (χ3v) is 5.23. The van der Waals surface area contributed by atoms with E-state index in [0.29, 0.717) is 17.7 Å². The van der Waals surface area contributed by atoms with Gasteiger partial charge < -0.3 is 10.2 Å². The van der Waals surface area contributed by atoms with Crippen LogP contribution in [0.3, 0.4) is 0 Å². The molecule has 0 spiro atoms. The van der Waals surface area contributed by atoms with Crippen molar-refractivity contribution in [1.29, 1.82) is 0 Å². The number of anilines is 2. The number of pyridine rings is 1. The number of benzene rings is 2. The number of aryl methyl sites for hydroxylation is 2. The lowest BCUT2D eigenvalue weighted by Gasteiger charge is -2.22. The molecule has 1 aliphatic rings. The van der Waals surface area contributed by atoms with Crippen molar-refractivity contribution in [3.05, 3.63) is 65.4 Å². The molecule has 1 fully saturated rings. The monoisotopic (exact) mass is 373 g/mol. The lowest BCUT2D eigenvalue weighted by Crippen LogP contribution is -2.30. The number of hydrogen-bond acceptors (Lipinski definition) is 3. The fraction of sp³-hybridized carbons (Fsp3) is 0.261. The van der Waals surface area contributed by atoms with Crippen LogP contribution in [-0.2, 0) is 4.79 Å². The van der Waals surface area contributed by atoms with Gasteiger partial charge in [-0.2, -0.15) is 0 Å². The Morgan fingerprint density at radius 1 is 1.11 bits per heavy atom. The molecule has 142 valence electrons. The van der Waals surface area contributed by atoms with Crippen LogP contribution in [-0.4, -0.2) is 22.8 Å². The van der Waals surface area contributed by atoms with E-state index in [1.165, 1.54) is 0 Å². The molecule has 1 aliphatic heterocycles. The Labute approximate surface area is 164 Å². The van der Waals surface area contributed by atoms with Gasteiger partial charge in [-0.15, -0.1) is 0 Å². The van der Waals surface area contributed by atoms with Gasteiger partial charge in [0, 0.05) is 34.9 Å². The molecule has 5 heteroatoms. The molecule has 28 heavy (non-hydrogen) atoms. The smallest absolute Gasteiger partial charge is 0.256 e. The zero-order chi connectivity index (χ0) is 19.8. The quantitative estimate of drug-likeness (QED) is 0.729. The molecule has 1 unspecified atom stereocenters. The maximum atomic E-state index is 12.9. The van der Waals surface area contributed by atoms with Gasteiger partial charge in [0.15, 0.2) is 0 Å². The Kier molecular flexibility index (Phi) is 4.59. The molecule has 1 aromatic heterocycles. The lowest BCUT2D eigenvalue weighted by molar-refractivity contribution is -0.117. The summed E-state index contributed by atoms with van der Waals surface area (Å²) in [5.74, 6) is -0.0176. The Morgan fingerprint density at radius 3 is 2.54 bits per heavy atom. The minimum absolute atomic E-state index is 0.151. The minimum atomic E-state index is -0.169. The highest BCUT2D eigenvalue weighted by Gasteiger charge is 2.28. The van der Waals surface area contributed by atoms with Gasteiger partial charge >= 0.3 is 0 Å². The zero-order valence-corrected chi connectivity index (χ0v) is 16.3. The number of carbonyl (C=O) groups is 2. The predicted octanol–water partition coefficient (Wildman–Crippen LogP) is 4.62. The Balaban J connectivity index is 1.59. The summed E-state index contributed by atoms with van der Waals surface area (Å²) in [7, 11) is 0. The average molecular weight is 373 g/mol. The molecule has 1 atom stereocenters. The first-order valence-electron chi connectivity index (χ1n) is 9.54. The SMILES string of the molecule is Cc1ccc2c(C(=O)Nc3ccc(N4C(=O)CCC4C)cc3)cc(C)nc2c1. The van der Waals surface area contributed by atoms with E-state index in [0.717, 1.165) is 34.3 Å². The summed E-state index contributed by atoms with van der Waals surface area (Å²) in [4.78, 5) is 31.3. The highest BCUT2D eigenvalue weighted by atomic mass is 16.2. The molecular weight excluding hydrogens is 350 g/mol. The summed E-state index contributed by atoms with van der Waals surface area (Å²) in [6, 6.07) is 15.4. The summed E-state index contributed by atoms with van der Waals surface area (Å²) in [5, 5.41) is 3.80. The van der Waals surface area contributed by atoms with Gasteiger partial charge in [-0.1, -0.05) is 12.1 Å². The van der Waals surface area contributed by atoms with Crippen LogP contribution >= 0.6 is 0 Å². The summed E-state index contributed by atoms with van der Waals surface area (Å²) in [6.07, 6.45) is 1.47. The topological polar surface area (TPSA) is 62.3 Å². The highest BCUT2D eigenvalue weighted by molar-refractivity contribution is 6.12. The molecule has 0 bridgehead atoms. The molecule has 4 rings (SSSR count). The van der Waals surface area contributed by atoms with Crippen molar-refractivity contribution in [1.82, 2.24) is 4.98 Å². The van der Waals surface area contributed by atoms with Crippen LogP contribution in [0, 0.1) is 13.8 Å². The van der Waals surface area contributed by atoms with E-state index in [2.05, 4.69) is 17.2 Å². The number of nitrogens with zero attached hydrogens (tertiary/aromatic N) is 2.